The van der Waals surface area contributed by atoms with Crippen LogP contribution in [-0.4, -0.2) is 4.98 Å². The molecule has 0 bridgehead atoms. The zero-order valence-corrected chi connectivity index (χ0v) is 13.3. The first-order valence-corrected chi connectivity index (χ1v) is 7.61. The highest BCUT2D eigenvalue weighted by atomic mass is 16.5. The summed E-state index contributed by atoms with van der Waals surface area (Å²) in [5, 5.41) is 12.3. The molecule has 0 saturated carbocycles. The fraction of sp³-hybridized carbons (Fsp3) is 0.158. The van der Waals surface area contributed by atoms with Gasteiger partial charge >= 0.3 is 0 Å². The highest BCUT2D eigenvalue weighted by Crippen LogP contribution is 2.20. The lowest BCUT2D eigenvalue weighted by atomic mass is 10.2. The Hall–Kier alpha value is -3.26. The van der Waals surface area contributed by atoms with Gasteiger partial charge in [-0.05, 0) is 30.2 Å². The van der Waals surface area contributed by atoms with Gasteiger partial charge in [-0.25, -0.2) is 0 Å². The van der Waals surface area contributed by atoms with Crippen LogP contribution in [0.1, 0.15) is 22.7 Å². The molecule has 0 fully saturated rings. The van der Waals surface area contributed by atoms with Crippen LogP contribution in [0.25, 0.3) is 0 Å². The molecule has 0 aliphatic carbocycles. The third kappa shape index (κ3) is 3.93. The van der Waals surface area contributed by atoms with E-state index in [2.05, 4.69) is 10.3 Å². The van der Waals surface area contributed by atoms with Gasteiger partial charge in [0.05, 0.1) is 0 Å². The zero-order valence-electron chi connectivity index (χ0n) is 13.3. The second-order valence-corrected chi connectivity index (χ2v) is 5.34. The molecule has 0 spiro atoms. The van der Waals surface area contributed by atoms with E-state index >= 15 is 0 Å². The van der Waals surface area contributed by atoms with Crippen LogP contribution in [-0.2, 0) is 13.2 Å². The van der Waals surface area contributed by atoms with Crippen molar-refractivity contribution < 1.29 is 9.15 Å². The molecule has 24 heavy (non-hydrogen) atoms. The Balaban J connectivity index is 1.65. The van der Waals surface area contributed by atoms with Crippen molar-refractivity contribution >= 4 is 5.88 Å². The van der Waals surface area contributed by atoms with Gasteiger partial charge < -0.3 is 14.5 Å². The first-order chi connectivity index (χ1) is 11.7. The number of oxazole rings is 1. The minimum Gasteiger partial charge on any atom is -0.484 e. The SMILES string of the molecule is Cc1cccc(OCc2nc(C#N)c(NCc3ccccc3)o2)c1. The van der Waals surface area contributed by atoms with Crippen molar-refractivity contribution in [1.29, 1.82) is 5.26 Å². The molecule has 0 aliphatic rings. The van der Waals surface area contributed by atoms with Crippen LogP contribution in [0, 0.1) is 18.3 Å². The molecule has 0 radical (unpaired) electrons. The normalized spacial score (nSPS) is 10.2. The van der Waals surface area contributed by atoms with E-state index in [0.717, 1.165) is 16.9 Å². The predicted molar refractivity (Wildman–Crippen MR) is 90.5 cm³/mol. The number of nitrogens with one attached hydrogen (secondary N) is 1. The van der Waals surface area contributed by atoms with Gasteiger partial charge in [0, 0.05) is 6.54 Å². The Morgan fingerprint density at radius 1 is 1.17 bits per heavy atom. The molecule has 0 atom stereocenters. The maximum Gasteiger partial charge on any atom is 0.236 e. The lowest BCUT2D eigenvalue weighted by Crippen LogP contribution is -1.99. The van der Waals surface area contributed by atoms with Crippen LogP contribution in [0.4, 0.5) is 5.88 Å². The second-order valence-electron chi connectivity index (χ2n) is 5.34. The van der Waals surface area contributed by atoms with Crippen LogP contribution in [0.5, 0.6) is 5.75 Å². The summed E-state index contributed by atoms with van der Waals surface area (Å²) in [5.74, 6) is 1.47. The number of aryl methyl sites for hydroxylation is 1. The van der Waals surface area contributed by atoms with Gasteiger partial charge in [-0.3, -0.25) is 0 Å². The smallest absolute Gasteiger partial charge is 0.236 e. The van der Waals surface area contributed by atoms with Gasteiger partial charge in [0.2, 0.25) is 17.5 Å². The Labute approximate surface area is 140 Å². The molecule has 3 rings (SSSR count). The monoisotopic (exact) mass is 319 g/mol. The molecule has 1 N–H and O–H groups in total. The number of hydrogen-bond acceptors (Lipinski definition) is 5. The molecule has 1 heterocycles. The number of hydrogen-bond donors (Lipinski definition) is 1. The summed E-state index contributed by atoms with van der Waals surface area (Å²) in [6.45, 7) is 2.73. The minimum atomic E-state index is 0.172. The number of nitrogens with zero attached hydrogens (tertiary/aromatic N) is 2. The summed E-state index contributed by atoms with van der Waals surface area (Å²) in [5.41, 5.74) is 2.44. The molecule has 5 nitrogen and oxygen atoms in total. The summed E-state index contributed by atoms with van der Waals surface area (Å²) < 4.78 is 11.3. The molecular weight excluding hydrogens is 302 g/mol. The molecule has 0 unspecified atom stereocenters. The molecule has 0 amide bonds. The standard InChI is InChI=1S/C19H17N3O2/c1-14-6-5-9-16(10-14)23-13-18-22-17(11-20)19(24-18)21-12-15-7-3-2-4-8-15/h2-10,21H,12-13H2,1H3. The molecule has 2 aromatic carbocycles. The van der Waals surface area contributed by atoms with Crippen molar-refractivity contribution in [3.63, 3.8) is 0 Å². The van der Waals surface area contributed by atoms with Crippen LogP contribution in [0.15, 0.2) is 59.0 Å². The summed E-state index contributed by atoms with van der Waals surface area (Å²) in [7, 11) is 0. The van der Waals surface area contributed by atoms with E-state index in [0.29, 0.717) is 18.3 Å². The van der Waals surface area contributed by atoms with Crippen molar-refractivity contribution in [3.8, 4) is 11.8 Å². The van der Waals surface area contributed by atoms with E-state index in [1.54, 1.807) is 0 Å². The average molecular weight is 319 g/mol. The molecule has 0 saturated heterocycles. The molecule has 5 heteroatoms. The van der Waals surface area contributed by atoms with E-state index in [4.69, 9.17) is 9.15 Å². The number of benzene rings is 2. The minimum absolute atomic E-state index is 0.172. The first-order valence-electron chi connectivity index (χ1n) is 7.61. The summed E-state index contributed by atoms with van der Waals surface area (Å²) in [4.78, 5) is 4.16. The van der Waals surface area contributed by atoms with E-state index in [1.165, 1.54) is 0 Å². The predicted octanol–water partition coefficient (Wildman–Crippen LogP) is 4.05. The Bertz CT molecular complexity index is 851. The quantitative estimate of drug-likeness (QED) is 0.742. The number of nitriles is 1. The average Bonchev–Trinajstić information content (AvgIpc) is 3.01. The van der Waals surface area contributed by atoms with Crippen molar-refractivity contribution in [2.24, 2.45) is 0 Å². The fourth-order valence-corrected chi connectivity index (χ4v) is 2.25. The lowest BCUT2D eigenvalue weighted by molar-refractivity contribution is 0.264. The molecule has 0 aliphatic heterocycles. The van der Waals surface area contributed by atoms with Crippen LogP contribution >= 0.6 is 0 Å². The van der Waals surface area contributed by atoms with Crippen LogP contribution in [0.2, 0.25) is 0 Å². The third-order valence-corrected chi connectivity index (χ3v) is 3.43. The summed E-state index contributed by atoms with van der Waals surface area (Å²) >= 11 is 0. The third-order valence-electron chi connectivity index (χ3n) is 3.43. The number of rotatable bonds is 6. The molecule has 120 valence electrons. The van der Waals surface area contributed by atoms with E-state index in [1.807, 2.05) is 67.6 Å². The van der Waals surface area contributed by atoms with E-state index in [9.17, 15) is 5.26 Å². The summed E-state index contributed by atoms with van der Waals surface area (Å²) in [6, 6.07) is 19.6. The van der Waals surface area contributed by atoms with Gasteiger partial charge in [-0.15, -0.1) is 0 Å². The van der Waals surface area contributed by atoms with Crippen molar-refractivity contribution in [2.75, 3.05) is 5.32 Å². The topological polar surface area (TPSA) is 71.1 Å². The Kier molecular flexibility index (Phi) is 4.78. The number of ether oxygens (including phenoxy) is 1. The first kappa shape index (κ1) is 15.6. The van der Waals surface area contributed by atoms with Crippen molar-refractivity contribution in [3.05, 3.63) is 77.3 Å². The Morgan fingerprint density at radius 2 is 2.00 bits per heavy atom. The number of aromatic nitrogens is 1. The lowest BCUT2D eigenvalue weighted by Gasteiger charge is -2.04. The summed E-state index contributed by atoms with van der Waals surface area (Å²) in [6.07, 6.45) is 0. The van der Waals surface area contributed by atoms with E-state index in [-0.39, 0.29) is 12.3 Å². The van der Waals surface area contributed by atoms with Crippen molar-refractivity contribution in [1.82, 2.24) is 4.98 Å². The highest BCUT2D eigenvalue weighted by molar-refractivity contribution is 5.45. The molecule has 3 aromatic rings. The molecular formula is C19H17N3O2. The van der Waals surface area contributed by atoms with Gasteiger partial charge in [0.25, 0.3) is 0 Å². The van der Waals surface area contributed by atoms with Crippen LogP contribution in [0.3, 0.4) is 0 Å². The fourth-order valence-electron chi connectivity index (χ4n) is 2.25. The highest BCUT2D eigenvalue weighted by Gasteiger charge is 2.13. The Morgan fingerprint density at radius 3 is 2.75 bits per heavy atom. The van der Waals surface area contributed by atoms with E-state index < -0.39 is 0 Å². The number of anilines is 1. The van der Waals surface area contributed by atoms with Gasteiger partial charge in [-0.1, -0.05) is 42.5 Å². The second kappa shape index (κ2) is 7.34. The maximum atomic E-state index is 9.20. The van der Waals surface area contributed by atoms with Gasteiger partial charge in [-0.2, -0.15) is 10.2 Å². The van der Waals surface area contributed by atoms with Crippen LogP contribution < -0.4 is 10.1 Å². The van der Waals surface area contributed by atoms with Gasteiger partial charge in [0.1, 0.15) is 11.8 Å². The largest absolute Gasteiger partial charge is 0.484 e. The maximum absolute atomic E-state index is 9.20. The molecule has 1 aromatic heterocycles. The zero-order chi connectivity index (χ0) is 16.8. The van der Waals surface area contributed by atoms with Gasteiger partial charge in [0.15, 0.2) is 6.61 Å². The van der Waals surface area contributed by atoms with Crippen molar-refractivity contribution in [2.45, 2.75) is 20.1 Å².